The molecule has 1 atom stereocenters. The van der Waals surface area contributed by atoms with Crippen LogP contribution in [0.15, 0.2) is 16.3 Å². The van der Waals surface area contributed by atoms with Crippen LogP contribution in [0.5, 0.6) is 0 Å². The second kappa shape index (κ2) is 6.21. The number of piperazine rings is 1. The van der Waals surface area contributed by atoms with E-state index >= 15 is 0 Å². The number of hydrogen-bond acceptors (Lipinski definition) is 5. The van der Waals surface area contributed by atoms with Crippen molar-refractivity contribution in [2.45, 2.75) is 30.6 Å². The zero-order valence-corrected chi connectivity index (χ0v) is 13.2. The molecule has 1 aliphatic rings. The predicted molar refractivity (Wildman–Crippen MR) is 78.1 cm³/mol. The van der Waals surface area contributed by atoms with Gasteiger partial charge in [0.05, 0.1) is 6.54 Å². The summed E-state index contributed by atoms with van der Waals surface area (Å²) in [5.74, 6) is -0.126. The molecule has 0 unspecified atom stereocenters. The second-order valence-electron chi connectivity index (χ2n) is 4.85. The minimum Gasteiger partial charge on any atom is -0.351 e. The third-order valence-electron chi connectivity index (χ3n) is 3.07. The lowest BCUT2D eigenvalue weighted by molar-refractivity contribution is -0.119. The van der Waals surface area contributed by atoms with Gasteiger partial charge in [-0.3, -0.25) is 4.79 Å². The third kappa shape index (κ3) is 3.57. The van der Waals surface area contributed by atoms with Gasteiger partial charge in [-0.25, -0.2) is 8.42 Å². The highest BCUT2D eigenvalue weighted by Crippen LogP contribution is 2.25. The van der Waals surface area contributed by atoms with E-state index in [4.69, 9.17) is 0 Å². The highest BCUT2D eigenvalue weighted by Gasteiger charge is 2.29. The van der Waals surface area contributed by atoms with E-state index in [1.54, 1.807) is 12.1 Å². The first-order chi connectivity index (χ1) is 9.39. The van der Waals surface area contributed by atoms with Crippen LogP contribution in [0.25, 0.3) is 0 Å². The maximum absolute atomic E-state index is 12.5. The lowest BCUT2D eigenvalue weighted by Crippen LogP contribution is -2.51. The average Bonchev–Trinajstić information content (AvgIpc) is 2.86. The summed E-state index contributed by atoms with van der Waals surface area (Å²) in [6.07, 6.45) is 0. The summed E-state index contributed by atoms with van der Waals surface area (Å²) >= 11 is 1.21. The van der Waals surface area contributed by atoms with Crippen molar-refractivity contribution >= 4 is 27.3 Å². The molecule has 0 radical (unpaired) electrons. The molecule has 112 valence electrons. The monoisotopic (exact) mass is 317 g/mol. The van der Waals surface area contributed by atoms with Gasteiger partial charge < -0.3 is 10.6 Å². The van der Waals surface area contributed by atoms with Gasteiger partial charge >= 0.3 is 0 Å². The van der Waals surface area contributed by atoms with Gasteiger partial charge in [0.1, 0.15) is 4.21 Å². The fourth-order valence-electron chi connectivity index (χ4n) is 2.05. The first-order valence-corrected chi connectivity index (χ1v) is 8.72. The van der Waals surface area contributed by atoms with E-state index in [9.17, 15) is 13.2 Å². The number of nitrogens with one attached hydrogen (secondary N) is 2. The van der Waals surface area contributed by atoms with Gasteiger partial charge in [-0.2, -0.15) is 4.31 Å². The van der Waals surface area contributed by atoms with Crippen LogP contribution < -0.4 is 10.6 Å². The normalized spacial score (nSPS) is 20.8. The summed E-state index contributed by atoms with van der Waals surface area (Å²) < 4.78 is 26.9. The van der Waals surface area contributed by atoms with Crippen LogP contribution >= 0.6 is 11.3 Å². The predicted octanol–water partition coefficient (Wildman–Crippen LogP) is 0.367. The van der Waals surface area contributed by atoms with Crippen LogP contribution in [0, 0.1) is 0 Å². The van der Waals surface area contributed by atoms with E-state index in [1.165, 1.54) is 22.6 Å². The fraction of sp³-hybridized carbons (Fsp3) is 0.583. The Balaban J connectivity index is 2.11. The van der Waals surface area contributed by atoms with Gasteiger partial charge in [0.2, 0.25) is 5.91 Å². The molecule has 8 heteroatoms. The van der Waals surface area contributed by atoms with Crippen LogP contribution in [0.2, 0.25) is 0 Å². The van der Waals surface area contributed by atoms with Gasteiger partial charge in [0.15, 0.2) is 0 Å². The zero-order chi connectivity index (χ0) is 14.8. The lowest BCUT2D eigenvalue weighted by atomic mass is 10.3. The summed E-state index contributed by atoms with van der Waals surface area (Å²) in [4.78, 5) is 11.7. The lowest BCUT2D eigenvalue weighted by Gasteiger charge is -2.30. The smallest absolute Gasteiger partial charge is 0.252 e. The maximum Gasteiger partial charge on any atom is 0.252 e. The Bertz CT molecular complexity index is 583. The first kappa shape index (κ1) is 15.4. The van der Waals surface area contributed by atoms with Crippen molar-refractivity contribution in [1.29, 1.82) is 0 Å². The molecular weight excluding hydrogens is 298 g/mol. The molecule has 1 aromatic rings. The number of amides is 1. The summed E-state index contributed by atoms with van der Waals surface area (Å²) in [5.41, 5.74) is 0. The average molecular weight is 317 g/mol. The molecule has 20 heavy (non-hydrogen) atoms. The van der Waals surface area contributed by atoms with Crippen LogP contribution in [-0.2, 0) is 21.4 Å². The molecule has 1 amide bonds. The van der Waals surface area contributed by atoms with Crippen LogP contribution in [0.4, 0.5) is 0 Å². The Morgan fingerprint density at radius 2 is 2.30 bits per heavy atom. The van der Waals surface area contributed by atoms with E-state index in [-0.39, 0.29) is 11.9 Å². The van der Waals surface area contributed by atoms with Crippen LogP contribution in [0.3, 0.4) is 0 Å². The second-order valence-corrected chi connectivity index (χ2v) is 8.18. The fourth-order valence-corrected chi connectivity index (χ4v) is 5.03. The molecule has 0 spiro atoms. The molecule has 6 nitrogen and oxygen atoms in total. The number of nitrogens with zero attached hydrogens (tertiary/aromatic N) is 1. The molecule has 2 heterocycles. The van der Waals surface area contributed by atoms with Gasteiger partial charge in [-0.05, 0) is 19.1 Å². The summed E-state index contributed by atoms with van der Waals surface area (Å²) in [7, 11) is -3.41. The Kier molecular flexibility index (Phi) is 4.79. The Morgan fingerprint density at radius 1 is 1.55 bits per heavy atom. The molecule has 0 aliphatic carbocycles. The Hall–Kier alpha value is -0.960. The van der Waals surface area contributed by atoms with E-state index in [2.05, 4.69) is 10.6 Å². The number of thiophene rings is 1. The van der Waals surface area contributed by atoms with Crippen molar-refractivity contribution in [1.82, 2.24) is 14.9 Å². The third-order valence-corrected chi connectivity index (χ3v) is 6.49. The Morgan fingerprint density at radius 3 is 2.95 bits per heavy atom. The van der Waals surface area contributed by atoms with Crippen molar-refractivity contribution in [3.8, 4) is 0 Å². The SMILES string of the molecule is CC(=O)NCc1ccc(S(=O)(=O)N2CCN[C@H](C)C2)s1. The van der Waals surface area contributed by atoms with Gasteiger partial charge in [0.25, 0.3) is 10.0 Å². The molecule has 0 aromatic carbocycles. The molecule has 1 fully saturated rings. The molecule has 1 aliphatic heterocycles. The number of carbonyl (C=O) groups excluding carboxylic acids is 1. The maximum atomic E-state index is 12.5. The van der Waals surface area contributed by atoms with Crippen molar-refractivity contribution in [2.24, 2.45) is 0 Å². The zero-order valence-electron chi connectivity index (χ0n) is 11.5. The molecule has 1 saturated heterocycles. The van der Waals surface area contributed by atoms with Crippen molar-refractivity contribution in [3.63, 3.8) is 0 Å². The molecule has 2 N–H and O–H groups in total. The molecule has 0 bridgehead atoms. The first-order valence-electron chi connectivity index (χ1n) is 6.46. The largest absolute Gasteiger partial charge is 0.351 e. The summed E-state index contributed by atoms with van der Waals surface area (Å²) in [6.45, 7) is 5.43. The number of rotatable bonds is 4. The minimum atomic E-state index is -3.41. The molecular formula is C12H19N3O3S2. The topological polar surface area (TPSA) is 78.5 Å². The summed E-state index contributed by atoms with van der Waals surface area (Å²) in [5, 5.41) is 5.89. The van der Waals surface area contributed by atoms with Gasteiger partial charge in [0, 0.05) is 37.5 Å². The summed E-state index contributed by atoms with van der Waals surface area (Å²) in [6, 6.07) is 3.53. The van der Waals surface area contributed by atoms with Crippen molar-refractivity contribution < 1.29 is 13.2 Å². The van der Waals surface area contributed by atoms with E-state index in [0.717, 1.165) is 4.88 Å². The van der Waals surface area contributed by atoms with E-state index < -0.39 is 10.0 Å². The minimum absolute atomic E-state index is 0.126. The highest BCUT2D eigenvalue weighted by molar-refractivity contribution is 7.91. The Labute approximate surface area is 123 Å². The number of carbonyl (C=O) groups is 1. The number of hydrogen-bond donors (Lipinski definition) is 2. The van der Waals surface area contributed by atoms with E-state index in [1.807, 2.05) is 6.92 Å². The number of sulfonamides is 1. The van der Waals surface area contributed by atoms with Crippen molar-refractivity contribution in [2.75, 3.05) is 19.6 Å². The standard InChI is InChI=1S/C12H19N3O3S2/c1-9-8-15(6-5-13-9)20(17,18)12-4-3-11(19-12)7-14-10(2)16/h3-4,9,13H,5-8H2,1-2H3,(H,14,16)/t9-/m1/s1. The van der Waals surface area contributed by atoms with Gasteiger partial charge in [-0.1, -0.05) is 0 Å². The van der Waals surface area contributed by atoms with Gasteiger partial charge in [-0.15, -0.1) is 11.3 Å². The van der Waals surface area contributed by atoms with Crippen molar-refractivity contribution in [3.05, 3.63) is 17.0 Å². The molecule has 0 saturated carbocycles. The quantitative estimate of drug-likeness (QED) is 0.841. The highest BCUT2D eigenvalue weighted by atomic mass is 32.2. The van der Waals surface area contributed by atoms with Crippen LogP contribution in [0.1, 0.15) is 18.7 Å². The molecule has 1 aromatic heterocycles. The molecule has 2 rings (SSSR count). The van der Waals surface area contributed by atoms with E-state index in [0.29, 0.717) is 30.4 Å². The van der Waals surface area contributed by atoms with Crippen LogP contribution in [-0.4, -0.2) is 44.3 Å².